The fourth-order valence-electron chi connectivity index (χ4n) is 7.15. The summed E-state index contributed by atoms with van der Waals surface area (Å²) in [5.41, 5.74) is -1.38. The van der Waals surface area contributed by atoms with E-state index in [0.29, 0.717) is 43.8 Å². The Balaban J connectivity index is 1.83. The second kappa shape index (κ2) is 11.7. The predicted octanol–water partition coefficient (Wildman–Crippen LogP) is 3.17. The van der Waals surface area contributed by atoms with E-state index in [9.17, 15) is 19.5 Å². The van der Waals surface area contributed by atoms with Gasteiger partial charge in [0.05, 0.1) is 37.2 Å². The molecule has 3 heterocycles. The van der Waals surface area contributed by atoms with Gasteiger partial charge in [-0.05, 0) is 56.9 Å². The molecule has 218 valence electrons. The fraction of sp³-hybridized carbons (Fsp3) is 0.581. The first-order chi connectivity index (χ1) is 19.2. The smallest absolute Gasteiger partial charge is 0.253 e. The van der Waals surface area contributed by atoms with Crippen LogP contribution in [-0.2, 0) is 19.1 Å². The molecular weight excluding hydrogens is 510 g/mol. The van der Waals surface area contributed by atoms with E-state index in [1.807, 2.05) is 13.8 Å². The van der Waals surface area contributed by atoms with E-state index >= 15 is 0 Å². The summed E-state index contributed by atoms with van der Waals surface area (Å²) < 4.78 is 12.2. The highest BCUT2D eigenvalue weighted by atomic mass is 16.5. The number of hydrogen-bond acceptors (Lipinski definition) is 6. The van der Waals surface area contributed by atoms with Crippen LogP contribution in [-0.4, -0.2) is 89.3 Å². The Morgan fingerprint density at radius 3 is 2.40 bits per heavy atom. The molecule has 6 atom stereocenters. The van der Waals surface area contributed by atoms with Gasteiger partial charge in [0, 0.05) is 25.3 Å². The quantitative estimate of drug-likeness (QED) is 0.377. The van der Waals surface area contributed by atoms with Crippen molar-refractivity contribution >= 4 is 23.4 Å². The molecule has 0 saturated carbocycles. The van der Waals surface area contributed by atoms with E-state index in [-0.39, 0.29) is 30.9 Å². The van der Waals surface area contributed by atoms with Crippen LogP contribution < -0.4 is 9.64 Å². The second-order valence-corrected chi connectivity index (χ2v) is 11.1. The van der Waals surface area contributed by atoms with Crippen LogP contribution in [0.15, 0.2) is 49.6 Å². The summed E-state index contributed by atoms with van der Waals surface area (Å²) in [5, 5.41) is 10.2. The van der Waals surface area contributed by atoms with E-state index < -0.39 is 35.1 Å². The van der Waals surface area contributed by atoms with Gasteiger partial charge in [0.1, 0.15) is 17.4 Å². The third-order valence-electron chi connectivity index (χ3n) is 8.97. The summed E-state index contributed by atoms with van der Waals surface area (Å²) in [6, 6.07) is 5.48. The number of benzene rings is 1. The standard InChI is InChI=1S/C31H43N3O6/c1-7-17-32(18-8-2)27(36)24-25-28(37)34(21(5)20-35)26(31(25)16-15-30(24,10-4)40-31)29(38)33(19-9-3)22-11-13-23(39-6)14-12-22/h7,9,11-14,21,24-26,35H,1,3,8,10,15-20H2,2,4-6H3/t21-,24+,25+,26?,30-,31?/m1/s1. The number of aliphatic hydroxyl groups excluding tert-OH is 1. The van der Waals surface area contributed by atoms with Crippen molar-refractivity contribution in [3.63, 3.8) is 0 Å². The van der Waals surface area contributed by atoms with E-state index in [2.05, 4.69) is 13.2 Å². The second-order valence-electron chi connectivity index (χ2n) is 11.1. The van der Waals surface area contributed by atoms with Crippen molar-refractivity contribution in [2.24, 2.45) is 11.8 Å². The normalized spacial score (nSPS) is 29.2. The van der Waals surface area contributed by atoms with Gasteiger partial charge in [0.15, 0.2) is 0 Å². The molecule has 2 unspecified atom stereocenters. The first-order valence-electron chi connectivity index (χ1n) is 14.3. The van der Waals surface area contributed by atoms with Gasteiger partial charge >= 0.3 is 0 Å². The average Bonchev–Trinajstić information content (AvgIpc) is 3.58. The van der Waals surface area contributed by atoms with Gasteiger partial charge in [0.2, 0.25) is 11.8 Å². The van der Waals surface area contributed by atoms with E-state index in [1.165, 1.54) is 4.90 Å². The van der Waals surface area contributed by atoms with Gasteiger partial charge in [-0.1, -0.05) is 26.0 Å². The van der Waals surface area contributed by atoms with Crippen LogP contribution in [0.1, 0.15) is 46.5 Å². The largest absolute Gasteiger partial charge is 0.497 e. The number of fused-ring (bicyclic) bond motifs is 1. The third kappa shape index (κ3) is 4.53. The topological polar surface area (TPSA) is 99.6 Å². The van der Waals surface area contributed by atoms with E-state index in [1.54, 1.807) is 60.3 Å². The lowest BCUT2D eigenvalue weighted by Crippen LogP contribution is -2.58. The summed E-state index contributed by atoms with van der Waals surface area (Å²) in [6.07, 6.45) is 5.70. The van der Waals surface area contributed by atoms with Crippen LogP contribution in [0.5, 0.6) is 5.75 Å². The van der Waals surface area contributed by atoms with Crippen LogP contribution in [0.4, 0.5) is 5.69 Å². The molecule has 1 aromatic carbocycles. The average molecular weight is 554 g/mol. The van der Waals surface area contributed by atoms with Crippen LogP contribution in [0.3, 0.4) is 0 Å². The number of rotatable bonds is 13. The molecule has 4 rings (SSSR count). The highest BCUT2D eigenvalue weighted by Crippen LogP contribution is 2.65. The molecule has 3 amide bonds. The molecule has 9 nitrogen and oxygen atoms in total. The maximum Gasteiger partial charge on any atom is 0.253 e. The molecule has 3 fully saturated rings. The van der Waals surface area contributed by atoms with E-state index in [0.717, 1.165) is 6.42 Å². The predicted molar refractivity (Wildman–Crippen MR) is 153 cm³/mol. The van der Waals surface area contributed by atoms with Gasteiger partial charge in [0.25, 0.3) is 5.91 Å². The molecule has 40 heavy (non-hydrogen) atoms. The van der Waals surface area contributed by atoms with Crippen molar-refractivity contribution in [3.8, 4) is 5.75 Å². The van der Waals surface area contributed by atoms with Gasteiger partial charge in [-0.3, -0.25) is 14.4 Å². The molecule has 2 bridgehead atoms. The van der Waals surface area contributed by atoms with Gasteiger partial charge in [-0.2, -0.15) is 0 Å². The minimum atomic E-state index is -1.17. The first kappa shape index (κ1) is 29.8. The Kier molecular flexibility index (Phi) is 8.75. The molecule has 9 heteroatoms. The van der Waals surface area contributed by atoms with Crippen molar-refractivity contribution in [3.05, 3.63) is 49.6 Å². The maximum absolute atomic E-state index is 14.6. The molecule has 0 radical (unpaired) electrons. The number of aliphatic hydroxyl groups is 1. The zero-order chi connectivity index (χ0) is 29.2. The number of likely N-dealkylation sites (tertiary alicyclic amines) is 1. The zero-order valence-corrected chi connectivity index (χ0v) is 24.2. The number of carbonyl (C=O) groups is 3. The number of ether oxygens (including phenoxy) is 2. The van der Waals surface area contributed by atoms with Crippen molar-refractivity contribution in [2.45, 2.75) is 69.7 Å². The number of methoxy groups -OCH3 is 1. The van der Waals surface area contributed by atoms with Crippen LogP contribution in [0, 0.1) is 11.8 Å². The van der Waals surface area contributed by atoms with Crippen LogP contribution >= 0.6 is 0 Å². The van der Waals surface area contributed by atoms with Gasteiger partial charge in [-0.15, -0.1) is 13.2 Å². The molecule has 3 saturated heterocycles. The number of anilines is 1. The Hall–Kier alpha value is -3.17. The lowest BCUT2D eigenvalue weighted by molar-refractivity contribution is -0.153. The summed E-state index contributed by atoms with van der Waals surface area (Å²) in [7, 11) is 1.57. The maximum atomic E-state index is 14.6. The summed E-state index contributed by atoms with van der Waals surface area (Å²) in [6.45, 7) is 14.2. The lowest BCUT2D eigenvalue weighted by atomic mass is 9.64. The number of hydrogen-bond donors (Lipinski definition) is 1. The zero-order valence-electron chi connectivity index (χ0n) is 24.2. The van der Waals surface area contributed by atoms with Crippen molar-refractivity contribution < 1.29 is 29.0 Å². The third-order valence-corrected chi connectivity index (χ3v) is 8.97. The summed E-state index contributed by atoms with van der Waals surface area (Å²) >= 11 is 0. The molecule has 1 spiro atoms. The van der Waals surface area contributed by atoms with Crippen molar-refractivity contribution in [1.29, 1.82) is 0 Å². The minimum Gasteiger partial charge on any atom is -0.497 e. The van der Waals surface area contributed by atoms with Gasteiger partial charge in [-0.25, -0.2) is 0 Å². The molecule has 3 aliphatic heterocycles. The van der Waals surface area contributed by atoms with Gasteiger partial charge < -0.3 is 29.3 Å². The first-order valence-corrected chi connectivity index (χ1v) is 14.3. The summed E-state index contributed by atoms with van der Waals surface area (Å²) in [4.78, 5) is 47.9. The molecule has 1 aromatic rings. The molecule has 3 aliphatic rings. The number of amides is 3. The summed E-state index contributed by atoms with van der Waals surface area (Å²) in [5.74, 6) is -1.65. The lowest BCUT2D eigenvalue weighted by Gasteiger charge is -2.38. The highest BCUT2D eigenvalue weighted by molar-refractivity contribution is 6.05. The number of carbonyl (C=O) groups excluding carboxylic acids is 3. The SMILES string of the molecule is C=CCN(CCC)C(=O)[C@@H]1[C@H]2C(=O)N([C@H](C)CO)C(C(=O)N(CC=C)c3ccc(OC)cc3)C23CC[C@@]1(CC)O3. The molecule has 0 aromatic heterocycles. The van der Waals surface area contributed by atoms with E-state index in [4.69, 9.17) is 9.47 Å². The minimum absolute atomic E-state index is 0.133. The monoisotopic (exact) mass is 553 g/mol. The van der Waals surface area contributed by atoms with Crippen molar-refractivity contribution in [1.82, 2.24) is 9.80 Å². The Bertz CT molecular complexity index is 1140. The highest BCUT2D eigenvalue weighted by Gasteiger charge is 2.79. The Morgan fingerprint density at radius 2 is 1.85 bits per heavy atom. The van der Waals surface area contributed by atoms with Crippen LogP contribution in [0.2, 0.25) is 0 Å². The Labute approximate surface area is 237 Å². The Morgan fingerprint density at radius 1 is 1.18 bits per heavy atom. The molecule has 0 aliphatic carbocycles. The van der Waals surface area contributed by atoms with Crippen LogP contribution in [0.25, 0.3) is 0 Å². The molecular formula is C31H43N3O6. The number of nitrogens with zero attached hydrogens (tertiary/aromatic N) is 3. The molecule has 1 N–H and O–H groups in total. The fourth-order valence-corrected chi connectivity index (χ4v) is 7.15. The van der Waals surface area contributed by atoms with Crippen molar-refractivity contribution in [2.75, 3.05) is 38.3 Å².